The standard InChI is InChI=1S/C18H21ClN2O3/c1-10-7-11(2)16(14(19)8-10)20-15(22)9-21-17(23)12-5-3-4-6-13(12)18(21)24/h7-8,12-13H,3-6,9H2,1-2H3,(H,20,22)/t12-,13+. The Morgan fingerprint density at radius 1 is 1.17 bits per heavy atom. The molecule has 1 aromatic carbocycles. The first-order chi connectivity index (χ1) is 11.4. The van der Waals surface area contributed by atoms with Crippen LogP contribution in [0, 0.1) is 25.7 Å². The van der Waals surface area contributed by atoms with Crippen LogP contribution in [0.2, 0.25) is 5.02 Å². The van der Waals surface area contributed by atoms with Crippen molar-refractivity contribution in [3.63, 3.8) is 0 Å². The molecule has 0 aromatic heterocycles. The zero-order valence-corrected chi connectivity index (χ0v) is 14.7. The van der Waals surface area contributed by atoms with Gasteiger partial charge in [-0.1, -0.05) is 30.5 Å². The molecule has 0 unspecified atom stereocenters. The van der Waals surface area contributed by atoms with Crippen molar-refractivity contribution >= 4 is 35.0 Å². The lowest BCUT2D eigenvalue weighted by Gasteiger charge is -2.19. The van der Waals surface area contributed by atoms with Crippen molar-refractivity contribution in [2.24, 2.45) is 11.8 Å². The van der Waals surface area contributed by atoms with E-state index < -0.39 is 5.91 Å². The van der Waals surface area contributed by atoms with E-state index in [1.807, 2.05) is 19.9 Å². The van der Waals surface area contributed by atoms with E-state index in [0.717, 1.165) is 41.7 Å². The second kappa shape index (κ2) is 6.55. The summed E-state index contributed by atoms with van der Waals surface area (Å²) in [5, 5.41) is 3.19. The Morgan fingerprint density at radius 2 is 1.75 bits per heavy atom. The molecule has 1 saturated heterocycles. The molecule has 0 spiro atoms. The Balaban J connectivity index is 1.71. The topological polar surface area (TPSA) is 66.5 Å². The van der Waals surface area contributed by atoms with Gasteiger partial charge >= 0.3 is 0 Å². The normalized spacial score (nSPS) is 23.4. The van der Waals surface area contributed by atoms with Crippen LogP contribution in [0.15, 0.2) is 12.1 Å². The van der Waals surface area contributed by atoms with E-state index in [0.29, 0.717) is 10.7 Å². The van der Waals surface area contributed by atoms with Crippen LogP contribution < -0.4 is 5.32 Å². The fraction of sp³-hybridized carbons (Fsp3) is 0.500. The number of nitrogens with zero attached hydrogens (tertiary/aromatic N) is 1. The predicted molar refractivity (Wildman–Crippen MR) is 91.7 cm³/mol. The summed E-state index contributed by atoms with van der Waals surface area (Å²) in [4.78, 5) is 38.3. The van der Waals surface area contributed by atoms with Crippen molar-refractivity contribution < 1.29 is 14.4 Å². The first-order valence-electron chi connectivity index (χ1n) is 8.30. The van der Waals surface area contributed by atoms with E-state index in [-0.39, 0.29) is 30.2 Å². The summed E-state index contributed by atoms with van der Waals surface area (Å²) < 4.78 is 0. The van der Waals surface area contributed by atoms with Crippen molar-refractivity contribution in [1.82, 2.24) is 4.90 Å². The van der Waals surface area contributed by atoms with Gasteiger partial charge in [0.25, 0.3) is 0 Å². The number of amides is 3. The average molecular weight is 349 g/mol. The van der Waals surface area contributed by atoms with Crippen LogP contribution in [0.25, 0.3) is 0 Å². The van der Waals surface area contributed by atoms with Crippen molar-refractivity contribution in [3.05, 3.63) is 28.3 Å². The lowest BCUT2D eigenvalue weighted by atomic mass is 9.81. The fourth-order valence-electron chi connectivity index (χ4n) is 3.78. The molecule has 6 heteroatoms. The van der Waals surface area contributed by atoms with Gasteiger partial charge in [0.2, 0.25) is 17.7 Å². The minimum atomic E-state index is -0.399. The van der Waals surface area contributed by atoms with Gasteiger partial charge in [-0.25, -0.2) is 0 Å². The number of anilines is 1. The van der Waals surface area contributed by atoms with E-state index in [1.165, 1.54) is 0 Å². The molecule has 24 heavy (non-hydrogen) atoms. The number of hydrogen-bond donors (Lipinski definition) is 1. The van der Waals surface area contributed by atoms with Gasteiger partial charge in [0.05, 0.1) is 22.5 Å². The van der Waals surface area contributed by atoms with Gasteiger partial charge in [-0.2, -0.15) is 0 Å². The average Bonchev–Trinajstić information content (AvgIpc) is 2.76. The van der Waals surface area contributed by atoms with Gasteiger partial charge in [-0.05, 0) is 43.9 Å². The Morgan fingerprint density at radius 3 is 2.29 bits per heavy atom. The first kappa shape index (κ1) is 17.0. The molecule has 2 fully saturated rings. The number of likely N-dealkylation sites (tertiary alicyclic amines) is 1. The lowest BCUT2D eigenvalue weighted by molar-refractivity contribution is -0.142. The van der Waals surface area contributed by atoms with Gasteiger partial charge in [0, 0.05) is 0 Å². The highest BCUT2D eigenvalue weighted by atomic mass is 35.5. The highest BCUT2D eigenvalue weighted by Crippen LogP contribution is 2.38. The van der Waals surface area contributed by atoms with Gasteiger partial charge in [0.1, 0.15) is 6.54 Å². The molecule has 5 nitrogen and oxygen atoms in total. The predicted octanol–water partition coefficient (Wildman–Crippen LogP) is 3.07. The summed E-state index contributed by atoms with van der Waals surface area (Å²) >= 11 is 6.19. The molecule has 2 atom stereocenters. The summed E-state index contributed by atoms with van der Waals surface area (Å²) in [6.07, 6.45) is 3.43. The molecule has 0 radical (unpaired) electrons. The van der Waals surface area contributed by atoms with Crippen molar-refractivity contribution in [3.8, 4) is 0 Å². The molecule has 1 aliphatic carbocycles. The number of carbonyl (C=O) groups is 3. The smallest absolute Gasteiger partial charge is 0.244 e. The van der Waals surface area contributed by atoms with Crippen LogP contribution in [0.3, 0.4) is 0 Å². The van der Waals surface area contributed by atoms with Crippen molar-refractivity contribution in [1.29, 1.82) is 0 Å². The van der Waals surface area contributed by atoms with Crippen LogP contribution in [0.4, 0.5) is 5.69 Å². The summed E-state index contributed by atoms with van der Waals surface area (Å²) in [6, 6.07) is 3.69. The highest BCUT2D eigenvalue weighted by Gasteiger charge is 2.48. The lowest BCUT2D eigenvalue weighted by Crippen LogP contribution is -2.38. The number of halogens is 1. The van der Waals surface area contributed by atoms with E-state index in [4.69, 9.17) is 11.6 Å². The second-order valence-electron chi connectivity index (χ2n) is 6.75. The molecule has 3 amide bonds. The van der Waals surface area contributed by atoms with Gasteiger partial charge in [0.15, 0.2) is 0 Å². The number of benzene rings is 1. The molecular weight excluding hydrogens is 328 g/mol. The number of carbonyl (C=O) groups excluding carboxylic acids is 3. The van der Waals surface area contributed by atoms with Crippen LogP contribution in [0.1, 0.15) is 36.8 Å². The fourth-order valence-corrected chi connectivity index (χ4v) is 4.15. The molecule has 3 rings (SSSR count). The third kappa shape index (κ3) is 3.05. The van der Waals surface area contributed by atoms with Crippen LogP contribution in [-0.4, -0.2) is 29.2 Å². The number of hydrogen-bond acceptors (Lipinski definition) is 3. The maximum Gasteiger partial charge on any atom is 0.244 e. The minimum absolute atomic E-state index is 0.202. The third-order valence-corrected chi connectivity index (χ3v) is 5.23. The Hall–Kier alpha value is -1.88. The molecule has 1 heterocycles. The summed E-state index contributed by atoms with van der Waals surface area (Å²) in [7, 11) is 0. The SMILES string of the molecule is Cc1cc(C)c(NC(=O)CN2C(=O)[C@H]3CCCC[C@H]3C2=O)c(Cl)c1. The molecule has 1 aromatic rings. The first-order valence-corrected chi connectivity index (χ1v) is 8.68. The summed E-state index contributed by atoms with van der Waals surface area (Å²) in [6.45, 7) is 3.54. The maximum atomic E-state index is 12.4. The number of fused-ring (bicyclic) bond motifs is 1. The van der Waals surface area contributed by atoms with Crippen LogP contribution >= 0.6 is 11.6 Å². The van der Waals surface area contributed by atoms with Gasteiger partial charge in [-0.15, -0.1) is 0 Å². The number of nitrogens with one attached hydrogen (secondary N) is 1. The van der Waals surface area contributed by atoms with Crippen molar-refractivity contribution in [2.75, 3.05) is 11.9 Å². The van der Waals surface area contributed by atoms with Gasteiger partial charge < -0.3 is 5.32 Å². The van der Waals surface area contributed by atoms with E-state index in [2.05, 4.69) is 5.32 Å². The largest absolute Gasteiger partial charge is 0.323 e. The van der Waals surface area contributed by atoms with Crippen LogP contribution in [0.5, 0.6) is 0 Å². The van der Waals surface area contributed by atoms with Gasteiger partial charge in [-0.3, -0.25) is 19.3 Å². The van der Waals surface area contributed by atoms with E-state index in [1.54, 1.807) is 6.07 Å². The quantitative estimate of drug-likeness (QED) is 0.854. The molecule has 0 bridgehead atoms. The van der Waals surface area contributed by atoms with Crippen molar-refractivity contribution in [2.45, 2.75) is 39.5 Å². The minimum Gasteiger partial charge on any atom is -0.323 e. The second-order valence-corrected chi connectivity index (χ2v) is 7.15. The maximum absolute atomic E-state index is 12.4. The highest BCUT2D eigenvalue weighted by molar-refractivity contribution is 6.34. The Labute approximate surface area is 146 Å². The third-order valence-electron chi connectivity index (χ3n) is 4.93. The zero-order chi connectivity index (χ0) is 17.4. The number of imide groups is 1. The summed E-state index contributed by atoms with van der Waals surface area (Å²) in [5.41, 5.74) is 2.38. The molecule has 128 valence electrons. The summed E-state index contributed by atoms with van der Waals surface area (Å²) in [5.74, 6) is -1.27. The van der Waals surface area contributed by atoms with E-state index in [9.17, 15) is 14.4 Å². The molecule has 1 aliphatic heterocycles. The monoisotopic (exact) mass is 348 g/mol. The Kier molecular flexibility index (Phi) is 4.63. The van der Waals surface area contributed by atoms with E-state index >= 15 is 0 Å². The van der Waals surface area contributed by atoms with Crippen LogP contribution in [-0.2, 0) is 14.4 Å². The number of aryl methyl sites for hydroxylation is 2. The molecule has 1 N–H and O–H groups in total. The molecule has 2 aliphatic rings. The molecular formula is C18H21ClN2O3. The number of rotatable bonds is 3. The zero-order valence-electron chi connectivity index (χ0n) is 13.9. The Bertz CT molecular complexity index is 669. The molecule has 1 saturated carbocycles.